The van der Waals surface area contributed by atoms with Crippen LogP contribution in [0.2, 0.25) is 0 Å². The summed E-state index contributed by atoms with van der Waals surface area (Å²) in [6.45, 7) is 59.7. The van der Waals surface area contributed by atoms with Gasteiger partial charge in [0.05, 0.1) is 0 Å². The van der Waals surface area contributed by atoms with Gasteiger partial charge in [0.1, 0.15) is 0 Å². The SMILES string of the molecule is C=C1Cc2c(C)c3c(c(C)c2C1)CC(C)=C3.C=C1Cc2c(C)c3c(c(C)c2C1)CC(C)=C3.C=C1Cc2c(C)c3c(c(C)c2C1)CC(C)C3.CC1=Cc2c(C)c(C)cc(C)c2C1.CC1=Cc2c(C)cc(C)c(C)c2C1.CC1=Cc2c(C)cc(C)c(C)c2C1. The monoisotopic (exact) mass is 1150 g/mol. The van der Waals surface area contributed by atoms with Crippen LogP contribution in [0.1, 0.15) is 225 Å². The molecule has 9 aliphatic carbocycles. The van der Waals surface area contributed by atoms with E-state index in [4.69, 9.17) is 0 Å². The van der Waals surface area contributed by atoms with Crippen LogP contribution < -0.4 is 0 Å². The van der Waals surface area contributed by atoms with Crippen LogP contribution in [-0.2, 0) is 83.5 Å². The Bertz CT molecular complexity index is 3880. The minimum Gasteiger partial charge on any atom is -0.0992 e. The highest BCUT2D eigenvalue weighted by Crippen LogP contribution is 2.44. The summed E-state index contributed by atoms with van der Waals surface area (Å²) >= 11 is 0. The van der Waals surface area contributed by atoms with Crippen molar-refractivity contribution in [1.82, 2.24) is 0 Å². The maximum atomic E-state index is 4.17. The smallest absolute Gasteiger partial charge is 0.00578 e. The van der Waals surface area contributed by atoms with Gasteiger partial charge in [-0.3, -0.25) is 0 Å². The third-order valence-corrected chi connectivity index (χ3v) is 22.0. The zero-order chi connectivity index (χ0) is 63.1. The Morgan fingerprint density at radius 3 is 0.805 bits per heavy atom. The van der Waals surface area contributed by atoms with E-state index >= 15 is 0 Å². The van der Waals surface area contributed by atoms with Crippen LogP contribution in [0.5, 0.6) is 0 Å². The summed E-state index contributed by atoms with van der Waals surface area (Å²) in [5.41, 5.74) is 61.9. The molecule has 0 aromatic heterocycles. The van der Waals surface area contributed by atoms with Crippen LogP contribution in [0.15, 0.2) is 82.5 Å². The molecule has 6 aromatic rings. The second kappa shape index (κ2) is 24.7. The van der Waals surface area contributed by atoms with E-state index in [1.807, 2.05) is 0 Å². The van der Waals surface area contributed by atoms with Crippen molar-refractivity contribution in [3.8, 4) is 0 Å². The Morgan fingerprint density at radius 1 is 0.230 bits per heavy atom. The molecule has 0 fully saturated rings. The van der Waals surface area contributed by atoms with E-state index in [2.05, 4.69) is 214 Å². The molecule has 0 heterocycles. The average Bonchev–Trinajstić information content (AvgIpc) is 1.84. The molecule has 15 rings (SSSR count). The molecule has 0 unspecified atom stereocenters. The number of allylic oxidation sites excluding steroid dienone is 8. The lowest BCUT2D eigenvalue weighted by atomic mass is 9.90. The van der Waals surface area contributed by atoms with Crippen molar-refractivity contribution in [3.05, 3.63) is 266 Å². The number of hydrogen-bond donors (Lipinski definition) is 0. The van der Waals surface area contributed by atoms with Crippen molar-refractivity contribution in [2.24, 2.45) is 5.92 Å². The second-order valence-corrected chi connectivity index (χ2v) is 29.1. The normalized spacial score (nSPS) is 16.3. The Balaban J connectivity index is 0.000000116. The van der Waals surface area contributed by atoms with Crippen LogP contribution in [0.3, 0.4) is 0 Å². The molecular formula is C87H104. The molecule has 0 saturated heterocycles. The quantitative estimate of drug-likeness (QED) is 0.133. The van der Waals surface area contributed by atoms with E-state index in [0.29, 0.717) is 0 Å². The number of rotatable bonds is 0. The second-order valence-electron chi connectivity index (χ2n) is 29.1. The molecule has 0 bridgehead atoms. The summed E-state index contributed by atoms with van der Waals surface area (Å²) in [6, 6.07) is 6.90. The summed E-state index contributed by atoms with van der Waals surface area (Å²) in [5.74, 6) is 0.845. The predicted molar refractivity (Wildman–Crippen MR) is 383 cm³/mol. The fourth-order valence-electron chi connectivity index (χ4n) is 16.7. The van der Waals surface area contributed by atoms with Gasteiger partial charge in [-0.25, -0.2) is 0 Å². The average molecular weight is 1150 g/mol. The van der Waals surface area contributed by atoms with Gasteiger partial charge in [-0.05, 0) is 411 Å². The molecule has 0 spiro atoms. The first-order chi connectivity index (χ1) is 41.0. The summed E-state index contributed by atoms with van der Waals surface area (Å²) in [7, 11) is 0. The van der Waals surface area contributed by atoms with E-state index in [0.717, 1.165) is 76.5 Å². The number of aryl methyl sites for hydroxylation is 6. The maximum Gasteiger partial charge on any atom is -0.00578 e. The number of hydrogen-bond acceptors (Lipinski definition) is 0. The Morgan fingerprint density at radius 2 is 0.471 bits per heavy atom. The molecule has 0 nitrogen and oxygen atoms in total. The minimum atomic E-state index is 0.845. The number of fused-ring (bicyclic) bond motifs is 9. The molecule has 452 valence electrons. The zero-order valence-corrected chi connectivity index (χ0v) is 58.0. The van der Waals surface area contributed by atoms with E-state index in [-0.39, 0.29) is 0 Å². The Labute approximate surface area is 528 Å². The van der Waals surface area contributed by atoms with Gasteiger partial charge < -0.3 is 0 Å². The molecule has 0 aliphatic heterocycles. The summed E-state index contributed by atoms with van der Waals surface area (Å²) in [5, 5.41) is 0. The first kappa shape index (κ1) is 63.3. The third kappa shape index (κ3) is 12.2. The molecule has 0 radical (unpaired) electrons. The third-order valence-electron chi connectivity index (χ3n) is 22.0. The first-order valence-electron chi connectivity index (χ1n) is 33.1. The van der Waals surface area contributed by atoms with Crippen molar-refractivity contribution in [2.75, 3.05) is 0 Å². The lowest BCUT2D eigenvalue weighted by Gasteiger charge is -2.14. The van der Waals surface area contributed by atoms with Gasteiger partial charge in [0.25, 0.3) is 0 Å². The Kier molecular flexibility index (Phi) is 17.9. The zero-order valence-electron chi connectivity index (χ0n) is 58.0. The summed E-state index contributed by atoms with van der Waals surface area (Å²) in [6.07, 6.45) is 26.8. The topological polar surface area (TPSA) is 0 Å². The van der Waals surface area contributed by atoms with Crippen molar-refractivity contribution in [3.63, 3.8) is 0 Å². The highest BCUT2D eigenvalue weighted by Gasteiger charge is 2.30. The molecule has 0 N–H and O–H groups in total. The molecule has 0 atom stereocenters. The molecule has 87 heavy (non-hydrogen) atoms. The largest absolute Gasteiger partial charge is 0.0992 e. The van der Waals surface area contributed by atoms with Crippen molar-refractivity contribution >= 4 is 30.4 Å². The van der Waals surface area contributed by atoms with Crippen molar-refractivity contribution in [2.45, 2.75) is 229 Å². The van der Waals surface area contributed by atoms with Crippen LogP contribution in [0.4, 0.5) is 0 Å². The molecule has 0 heteroatoms. The van der Waals surface area contributed by atoms with Crippen LogP contribution >= 0.6 is 0 Å². The molecule has 9 aliphatic rings. The molecular weight excluding hydrogens is 1040 g/mol. The van der Waals surface area contributed by atoms with E-state index in [1.165, 1.54) is 158 Å². The summed E-state index contributed by atoms with van der Waals surface area (Å²) < 4.78 is 0. The van der Waals surface area contributed by atoms with E-state index < -0.39 is 0 Å². The van der Waals surface area contributed by atoms with Gasteiger partial charge in [-0.2, -0.15) is 0 Å². The highest BCUT2D eigenvalue weighted by molar-refractivity contribution is 5.75. The van der Waals surface area contributed by atoms with Crippen LogP contribution in [-0.4, -0.2) is 0 Å². The van der Waals surface area contributed by atoms with Gasteiger partial charge in [0, 0.05) is 0 Å². The van der Waals surface area contributed by atoms with Crippen molar-refractivity contribution < 1.29 is 0 Å². The van der Waals surface area contributed by atoms with Gasteiger partial charge in [-0.15, -0.1) is 0 Å². The van der Waals surface area contributed by atoms with Gasteiger partial charge >= 0.3 is 0 Å². The van der Waals surface area contributed by atoms with E-state index in [1.54, 1.807) is 83.5 Å². The fourth-order valence-corrected chi connectivity index (χ4v) is 16.7. The maximum absolute atomic E-state index is 4.17. The lowest BCUT2D eigenvalue weighted by molar-refractivity contribution is 0.626. The number of benzene rings is 6. The molecule has 0 saturated carbocycles. The van der Waals surface area contributed by atoms with Crippen LogP contribution in [0.25, 0.3) is 30.4 Å². The van der Waals surface area contributed by atoms with E-state index in [9.17, 15) is 0 Å². The molecule has 6 aromatic carbocycles. The first-order valence-corrected chi connectivity index (χ1v) is 33.1. The minimum absolute atomic E-state index is 0.845. The lowest BCUT2D eigenvalue weighted by Crippen LogP contribution is -2.00. The van der Waals surface area contributed by atoms with Gasteiger partial charge in [0.15, 0.2) is 0 Å². The fraction of sp³-hybridized carbons (Fsp3) is 0.402. The highest BCUT2D eigenvalue weighted by atomic mass is 14.4. The van der Waals surface area contributed by atoms with Gasteiger partial charge in [0.2, 0.25) is 0 Å². The van der Waals surface area contributed by atoms with Gasteiger partial charge in [-0.1, -0.05) is 120 Å². The standard InChI is InChI=1S/C16H20.2C16H18.3C13H16/c3*1-9-5-13-11(3)15-7-10(2)8-16(15)12(4)14(13)6-9;3*1-8-5-12-10(3)7-9(2)11(4)13(12)6-8/h10H,1,5-8H2,2-4H3;2*7H,1,5-6,8H2,2-4H3;6-7H,5H2,1-4H3;2*5,7H,6H2,1-4H3. The Hall–Kier alpha value is -6.76. The summed E-state index contributed by atoms with van der Waals surface area (Å²) in [4.78, 5) is 0. The van der Waals surface area contributed by atoms with Crippen molar-refractivity contribution in [1.29, 1.82) is 0 Å². The molecule has 0 amide bonds. The predicted octanol–water partition coefficient (Wildman–Crippen LogP) is 22.2. The van der Waals surface area contributed by atoms with Crippen LogP contribution in [0, 0.1) is 110 Å².